The highest BCUT2D eigenvalue weighted by Crippen LogP contribution is 2.30. The summed E-state index contributed by atoms with van der Waals surface area (Å²) in [5, 5.41) is 13.6. The maximum Gasteiger partial charge on any atom is 0.337 e. The van der Waals surface area contributed by atoms with E-state index < -0.39 is 17.9 Å². The van der Waals surface area contributed by atoms with Crippen LogP contribution in [-0.4, -0.2) is 29.6 Å². The number of hydrogen-bond donors (Lipinski definition) is 4. The molecule has 0 aromatic heterocycles. The molecule has 1 rings (SSSR count). The topological polar surface area (TPSA) is 122 Å². The van der Waals surface area contributed by atoms with Crippen molar-refractivity contribution in [3.63, 3.8) is 0 Å². The summed E-state index contributed by atoms with van der Waals surface area (Å²) in [5.74, 6) is -1.91. The Balaban J connectivity index is 2.97. The number of carbonyl (C=O) groups is 3. The molecule has 0 heterocycles. The lowest BCUT2D eigenvalue weighted by Crippen LogP contribution is -2.36. The molecule has 0 radical (unpaired) electrons. The number of hydrogen-bond acceptors (Lipinski definition) is 3. The molecule has 102 valence electrons. The van der Waals surface area contributed by atoms with E-state index in [0.717, 1.165) is 0 Å². The molecule has 5 N–H and O–H groups in total. The largest absolute Gasteiger partial charge is 0.478 e. The first-order valence-corrected chi connectivity index (χ1v) is 6.45. The highest BCUT2D eigenvalue weighted by Gasteiger charge is 2.16. The SMILES string of the molecule is NC(=O)CNC(=O)Nc1c(Br)cc(Br)cc1C(=O)O. The fourth-order valence-corrected chi connectivity index (χ4v) is 2.52. The molecule has 1 aromatic carbocycles. The molecule has 1 aromatic rings. The van der Waals surface area contributed by atoms with Gasteiger partial charge in [-0.3, -0.25) is 4.79 Å². The first-order chi connectivity index (χ1) is 8.81. The number of aromatic carboxylic acids is 1. The minimum Gasteiger partial charge on any atom is -0.478 e. The van der Waals surface area contributed by atoms with Crippen LogP contribution in [-0.2, 0) is 4.79 Å². The molecule has 0 fully saturated rings. The average molecular weight is 395 g/mol. The van der Waals surface area contributed by atoms with Crippen LogP contribution in [0.5, 0.6) is 0 Å². The van der Waals surface area contributed by atoms with Crippen molar-refractivity contribution in [1.82, 2.24) is 5.32 Å². The standard InChI is InChI=1S/C10H9Br2N3O4/c11-4-1-5(9(17)18)8(6(12)2-4)15-10(19)14-3-7(13)16/h1-2H,3H2,(H2,13,16)(H,17,18)(H2,14,15,19). The van der Waals surface area contributed by atoms with E-state index in [1.165, 1.54) is 6.07 Å². The fourth-order valence-electron chi connectivity index (χ4n) is 1.19. The maximum absolute atomic E-state index is 11.5. The summed E-state index contributed by atoms with van der Waals surface area (Å²) < 4.78 is 0.924. The molecule has 7 nitrogen and oxygen atoms in total. The second kappa shape index (κ2) is 6.53. The van der Waals surface area contributed by atoms with Crippen molar-refractivity contribution < 1.29 is 19.5 Å². The first-order valence-electron chi connectivity index (χ1n) is 4.86. The highest BCUT2D eigenvalue weighted by molar-refractivity contribution is 9.11. The molecular weight excluding hydrogens is 386 g/mol. The number of benzene rings is 1. The van der Waals surface area contributed by atoms with Crippen molar-refractivity contribution in [2.24, 2.45) is 5.73 Å². The fraction of sp³-hybridized carbons (Fsp3) is 0.100. The molecule has 0 saturated heterocycles. The van der Waals surface area contributed by atoms with Crippen molar-refractivity contribution >= 4 is 55.5 Å². The third-order valence-corrected chi connectivity index (χ3v) is 3.03. The van der Waals surface area contributed by atoms with E-state index in [4.69, 9.17) is 10.8 Å². The van der Waals surface area contributed by atoms with Gasteiger partial charge in [0.15, 0.2) is 0 Å². The zero-order chi connectivity index (χ0) is 14.6. The van der Waals surface area contributed by atoms with Crippen LogP contribution in [0.15, 0.2) is 21.1 Å². The average Bonchev–Trinajstić information content (AvgIpc) is 2.29. The Kier molecular flexibility index (Phi) is 5.31. The number of carboxylic acid groups (broad SMARTS) is 1. The number of primary amides is 1. The van der Waals surface area contributed by atoms with E-state index in [1.54, 1.807) is 6.07 Å². The van der Waals surface area contributed by atoms with Crippen LogP contribution in [0.25, 0.3) is 0 Å². The minimum atomic E-state index is -1.20. The number of carbonyl (C=O) groups excluding carboxylic acids is 2. The van der Waals surface area contributed by atoms with Crippen molar-refractivity contribution in [3.8, 4) is 0 Å². The summed E-state index contributed by atoms with van der Waals surface area (Å²) in [7, 11) is 0. The van der Waals surface area contributed by atoms with Gasteiger partial charge in [-0.05, 0) is 28.1 Å². The number of urea groups is 1. The summed E-state index contributed by atoms with van der Waals surface area (Å²) in [6.45, 7) is -0.345. The molecule has 0 aliphatic heterocycles. The molecule has 0 unspecified atom stereocenters. The summed E-state index contributed by atoms with van der Waals surface area (Å²) >= 11 is 6.30. The predicted molar refractivity (Wildman–Crippen MR) is 75.0 cm³/mol. The van der Waals surface area contributed by atoms with Crippen molar-refractivity contribution in [1.29, 1.82) is 0 Å². The molecular formula is C10H9Br2N3O4. The monoisotopic (exact) mass is 393 g/mol. The molecule has 0 aliphatic rings. The van der Waals surface area contributed by atoms with E-state index in [0.29, 0.717) is 8.95 Å². The number of carboxylic acids is 1. The normalized spacial score (nSPS) is 9.79. The van der Waals surface area contributed by atoms with Gasteiger partial charge in [-0.2, -0.15) is 0 Å². The Morgan fingerprint density at radius 3 is 2.42 bits per heavy atom. The van der Waals surface area contributed by atoms with Gasteiger partial charge in [0, 0.05) is 8.95 Å². The van der Waals surface area contributed by atoms with Gasteiger partial charge in [0.2, 0.25) is 5.91 Å². The number of nitrogens with two attached hydrogens (primary N) is 1. The maximum atomic E-state index is 11.5. The summed E-state index contributed by atoms with van der Waals surface area (Å²) in [4.78, 5) is 33.1. The minimum absolute atomic E-state index is 0.0812. The van der Waals surface area contributed by atoms with Crippen LogP contribution >= 0.6 is 31.9 Å². The molecule has 9 heteroatoms. The lowest BCUT2D eigenvalue weighted by atomic mass is 10.2. The lowest BCUT2D eigenvalue weighted by Gasteiger charge is -2.11. The summed E-state index contributed by atoms with van der Waals surface area (Å²) in [6, 6.07) is 2.19. The zero-order valence-corrected chi connectivity index (χ0v) is 12.5. The molecule has 0 saturated carbocycles. The number of rotatable bonds is 4. The van der Waals surface area contributed by atoms with Crippen LogP contribution in [0.1, 0.15) is 10.4 Å². The number of amides is 3. The highest BCUT2D eigenvalue weighted by atomic mass is 79.9. The number of halogens is 2. The summed E-state index contributed by atoms with van der Waals surface area (Å²) in [5.41, 5.74) is 4.85. The van der Waals surface area contributed by atoms with E-state index in [9.17, 15) is 14.4 Å². The van der Waals surface area contributed by atoms with Crippen LogP contribution in [0.4, 0.5) is 10.5 Å². The Morgan fingerprint density at radius 2 is 1.89 bits per heavy atom. The molecule has 0 atom stereocenters. The van der Waals surface area contributed by atoms with E-state index in [1.807, 2.05) is 0 Å². The predicted octanol–water partition coefficient (Wildman–Crippen LogP) is 1.52. The third-order valence-electron chi connectivity index (χ3n) is 1.95. The summed E-state index contributed by atoms with van der Waals surface area (Å²) in [6.07, 6.45) is 0. The number of nitrogens with one attached hydrogen (secondary N) is 2. The van der Waals surface area contributed by atoms with Gasteiger partial charge in [0.05, 0.1) is 17.8 Å². The second-order valence-electron chi connectivity index (χ2n) is 3.39. The third kappa shape index (κ3) is 4.52. The van der Waals surface area contributed by atoms with Crippen molar-refractivity contribution in [2.45, 2.75) is 0 Å². The Hall–Kier alpha value is -1.61. The van der Waals surface area contributed by atoms with Crippen LogP contribution in [0.2, 0.25) is 0 Å². The smallest absolute Gasteiger partial charge is 0.337 e. The van der Waals surface area contributed by atoms with Gasteiger partial charge < -0.3 is 21.5 Å². The Labute approximate surface area is 124 Å². The molecule has 0 spiro atoms. The van der Waals surface area contributed by atoms with Gasteiger partial charge in [-0.1, -0.05) is 15.9 Å². The van der Waals surface area contributed by atoms with Gasteiger partial charge in [0.25, 0.3) is 0 Å². The second-order valence-corrected chi connectivity index (χ2v) is 5.16. The van der Waals surface area contributed by atoms with Crippen molar-refractivity contribution in [2.75, 3.05) is 11.9 Å². The Bertz CT molecular complexity index is 548. The van der Waals surface area contributed by atoms with Gasteiger partial charge in [-0.25, -0.2) is 9.59 Å². The van der Waals surface area contributed by atoms with Crippen LogP contribution in [0, 0.1) is 0 Å². The molecule has 0 aliphatic carbocycles. The first kappa shape index (κ1) is 15.4. The van der Waals surface area contributed by atoms with Gasteiger partial charge in [0.1, 0.15) is 0 Å². The van der Waals surface area contributed by atoms with Crippen LogP contribution in [0.3, 0.4) is 0 Å². The zero-order valence-electron chi connectivity index (χ0n) is 9.37. The lowest BCUT2D eigenvalue weighted by molar-refractivity contribution is -0.117. The quantitative estimate of drug-likeness (QED) is 0.618. The number of anilines is 1. The Morgan fingerprint density at radius 1 is 1.26 bits per heavy atom. The van der Waals surface area contributed by atoms with Gasteiger partial charge >= 0.3 is 12.0 Å². The van der Waals surface area contributed by atoms with Crippen LogP contribution < -0.4 is 16.4 Å². The van der Waals surface area contributed by atoms with Crippen molar-refractivity contribution in [3.05, 3.63) is 26.6 Å². The van der Waals surface area contributed by atoms with Gasteiger partial charge in [-0.15, -0.1) is 0 Å². The molecule has 19 heavy (non-hydrogen) atoms. The molecule has 0 bridgehead atoms. The van der Waals surface area contributed by atoms with E-state index >= 15 is 0 Å². The van der Waals surface area contributed by atoms with E-state index in [2.05, 4.69) is 42.5 Å². The molecule has 3 amide bonds. The van der Waals surface area contributed by atoms with E-state index in [-0.39, 0.29) is 17.8 Å².